The monoisotopic (exact) mass is 220 g/mol. The Morgan fingerprint density at radius 2 is 2.20 bits per heavy atom. The van der Waals surface area contributed by atoms with Crippen LogP contribution in [-0.4, -0.2) is 19.6 Å². The summed E-state index contributed by atoms with van der Waals surface area (Å²) in [5.41, 5.74) is 0.720. The van der Waals surface area contributed by atoms with Crippen molar-refractivity contribution in [3.63, 3.8) is 0 Å². The maximum atomic E-state index is 12.9. The van der Waals surface area contributed by atoms with Gasteiger partial charge < -0.3 is 0 Å². The van der Waals surface area contributed by atoms with Crippen LogP contribution in [0.1, 0.15) is 0 Å². The minimum atomic E-state index is -0.500. The Kier molecular flexibility index (Phi) is 1.75. The molecule has 0 aliphatic heterocycles. The number of hydrogen-bond donors (Lipinski definition) is 0. The topological polar surface area (TPSA) is 43.1 Å². The lowest BCUT2D eigenvalue weighted by Gasteiger charge is -1.93. The van der Waals surface area contributed by atoms with E-state index in [4.69, 9.17) is 0 Å². The van der Waals surface area contributed by atoms with Gasteiger partial charge in [0.2, 0.25) is 10.9 Å². The first-order chi connectivity index (χ1) is 7.33. The minimum absolute atomic E-state index is 0.500. The summed E-state index contributed by atoms with van der Waals surface area (Å²) < 4.78 is 14.5. The van der Waals surface area contributed by atoms with Crippen molar-refractivity contribution in [3.05, 3.63) is 36.7 Å². The highest BCUT2D eigenvalue weighted by atomic mass is 32.1. The summed E-state index contributed by atoms with van der Waals surface area (Å²) in [6.07, 6.45) is 4.86. The van der Waals surface area contributed by atoms with Crippen LogP contribution < -0.4 is 0 Å². The highest BCUT2D eigenvalue weighted by Gasteiger charge is 2.07. The second kappa shape index (κ2) is 3.09. The van der Waals surface area contributed by atoms with Crippen LogP contribution in [0.2, 0.25) is 0 Å². The number of imidazole rings is 1. The SMILES string of the molecule is Fc1cc(-c2nn3ccnc3s2)ccn1. The van der Waals surface area contributed by atoms with E-state index in [1.807, 2.05) is 0 Å². The van der Waals surface area contributed by atoms with E-state index in [2.05, 4.69) is 15.1 Å². The smallest absolute Gasteiger partial charge is 0.213 e. The van der Waals surface area contributed by atoms with Gasteiger partial charge in [-0.2, -0.15) is 9.49 Å². The van der Waals surface area contributed by atoms with Crippen LogP contribution in [0.3, 0.4) is 0 Å². The summed E-state index contributed by atoms with van der Waals surface area (Å²) in [5, 5.41) is 5.00. The maximum absolute atomic E-state index is 12.9. The zero-order valence-corrected chi connectivity index (χ0v) is 8.28. The number of aromatic nitrogens is 4. The highest BCUT2D eigenvalue weighted by Crippen LogP contribution is 2.24. The molecule has 74 valence electrons. The molecule has 0 bridgehead atoms. The van der Waals surface area contributed by atoms with Crippen molar-refractivity contribution in [2.24, 2.45) is 0 Å². The lowest BCUT2D eigenvalue weighted by molar-refractivity contribution is 0.584. The van der Waals surface area contributed by atoms with E-state index < -0.39 is 5.95 Å². The number of nitrogens with zero attached hydrogens (tertiary/aromatic N) is 4. The Balaban J connectivity index is 2.17. The predicted octanol–water partition coefficient (Wildman–Crippen LogP) is 1.99. The van der Waals surface area contributed by atoms with Crippen LogP contribution in [0.4, 0.5) is 4.39 Å². The Morgan fingerprint density at radius 1 is 1.27 bits per heavy atom. The third-order valence-electron chi connectivity index (χ3n) is 1.95. The van der Waals surface area contributed by atoms with Crippen LogP contribution in [0, 0.1) is 5.95 Å². The van der Waals surface area contributed by atoms with Crippen LogP contribution in [0.5, 0.6) is 0 Å². The summed E-state index contributed by atoms with van der Waals surface area (Å²) in [4.78, 5) is 8.39. The normalized spacial score (nSPS) is 11.0. The van der Waals surface area contributed by atoms with E-state index in [0.717, 1.165) is 15.5 Å². The molecular formula is C9H5FN4S. The van der Waals surface area contributed by atoms with Gasteiger partial charge in [-0.05, 0) is 6.07 Å². The lowest BCUT2D eigenvalue weighted by atomic mass is 10.3. The zero-order valence-electron chi connectivity index (χ0n) is 7.46. The van der Waals surface area contributed by atoms with Gasteiger partial charge in [0.25, 0.3) is 0 Å². The van der Waals surface area contributed by atoms with E-state index in [0.29, 0.717) is 0 Å². The molecular weight excluding hydrogens is 215 g/mol. The fourth-order valence-corrected chi connectivity index (χ4v) is 2.14. The number of fused-ring (bicyclic) bond motifs is 1. The molecule has 3 heterocycles. The van der Waals surface area contributed by atoms with Crippen molar-refractivity contribution < 1.29 is 4.39 Å². The first-order valence-electron chi connectivity index (χ1n) is 4.25. The fraction of sp³-hybridized carbons (Fsp3) is 0. The van der Waals surface area contributed by atoms with Crippen LogP contribution in [-0.2, 0) is 0 Å². The van der Waals surface area contributed by atoms with Gasteiger partial charge in [-0.1, -0.05) is 11.3 Å². The Bertz CT molecular complexity index is 587. The molecule has 0 saturated heterocycles. The second-order valence-electron chi connectivity index (χ2n) is 2.93. The highest BCUT2D eigenvalue weighted by molar-refractivity contribution is 7.19. The van der Waals surface area contributed by atoms with E-state index in [1.165, 1.54) is 23.6 Å². The Morgan fingerprint density at radius 3 is 3.00 bits per heavy atom. The second-order valence-corrected chi connectivity index (χ2v) is 3.88. The quantitative estimate of drug-likeness (QED) is 0.589. The molecule has 0 unspecified atom stereocenters. The molecule has 0 aliphatic carbocycles. The molecule has 0 amide bonds. The minimum Gasteiger partial charge on any atom is -0.228 e. The Labute approximate surface area is 88.0 Å². The van der Waals surface area contributed by atoms with Crippen LogP contribution >= 0.6 is 11.3 Å². The summed E-state index contributed by atoms with van der Waals surface area (Å²) >= 11 is 1.41. The van der Waals surface area contributed by atoms with Gasteiger partial charge >= 0.3 is 0 Å². The maximum Gasteiger partial charge on any atom is 0.213 e. The third kappa shape index (κ3) is 1.39. The molecule has 6 heteroatoms. The van der Waals surface area contributed by atoms with Gasteiger partial charge in [0.1, 0.15) is 5.01 Å². The van der Waals surface area contributed by atoms with Crippen LogP contribution in [0.25, 0.3) is 15.5 Å². The molecule has 4 nitrogen and oxygen atoms in total. The lowest BCUT2D eigenvalue weighted by Crippen LogP contribution is -1.85. The summed E-state index contributed by atoms with van der Waals surface area (Å²) in [5.74, 6) is -0.500. The molecule has 0 radical (unpaired) electrons. The number of pyridine rings is 1. The molecule has 0 aliphatic rings. The Hall–Kier alpha value is -1.82. The van der Waals surface area contributed by atoms with Crippen molar-refractivity contribution in [2.75, 3.05) is 0 Å². The molecule has 0 saturated carbocycles. The number of rotatable bonds is 1. The summed E-state index contributed by atoms with van der Waals surface area (Å²) in [7, 11) is 0. The third-order valence-corrected chi connectivity index (χ3v) is 2.93. The van der Waals surface area contributed by atoms with E-state index in [-0.39, 0.29) is 0 Å². The van der Waals surface area contributed by atoms with E-state index in [1.54, 1.807) is 23.0 Å². The average molecular weight is 220 g/mol. The van der Waals surface area contributed by atoms with Gasteiger partial charge in [-0.3, -0.25) is 0 Å². The van der Waals surface area contributed by atoms with Gasteiger partial charge in [-0.15, -0.1) is 0 Å². The average Bonchev–Trinajstić information content (AvgIpc) is 2.76. The van der Waals surface area contributed by atoms with Crippen molar-refractivity contribution in [3.8, 4) is 10.6 Å². The zero-order chi connectivity index (χ0) is 10.3. The molecule has 3 aromatic rings. The van der Waals surface area contributed by atoms with Crippen molar-refractivity contribution in [2.45, 2.75) is 0 Å². The molecule has 0 spiro atoms. The largest absolute Gasteiger partial charge is 0.228 e. The molecule has 3 rings (SSSR count). The predicted molar refractivity (Wildman–Crippen MR) is 54.1 cm³/mol. The van der Waals surface area contributed by atoms with E-state index >= 15 is 0 Å². The summed E-state index contributed by atoms with van der Waals surface area (Å²) in [6, 6.07) is 3.08. The molecule has 0 aromatic carbocycles. The van der Waals surface area contributed by atoms with Crippen LogP contribution in [0.15, 0.2) is 30.7 Å². The van der Waals surface area contributed by atoms with Gasteiger partial charge in [0, 0.05) is 24.0 Å². The van der Waals surface area contributed by atoms with Crippen molar-refractivity contribution >= 4 is 16.3 Å². The fourth-order valence-electron chi connectivity index (χ4n) is 1.29. The van der Waals surface area contributed by atoms with Gasteiger partial charge in [0.15, 0.2) is 0 Å². The number of hydrogen-bond acceptors (Lipinski definition) is 4. The molecule has 0 atom stereocenters. The van der Waals surface area contributed by atoms with E-state index in [9.17, 15) is 4.39 Å². The molecule has 0 N–H and O–H groups in total. The summed E-state index contributed by atoms with van der Waals surface area (Å²) in [6.45, 7) is 0. The standard InChI is InChI=1S/C9H5FN4S/c10-7-5-6(1-2-11-7)8-13-14-4-3-12-9(14)15-8/h1-5H. The van der Waals surface area contributed by atoms with Gasteiger partial charge in [0.05, 0.1) is 6.20 Å². The van der Waals surface area contributed by atoms with Gasteiger partial charge in [-0.25, -0.2) is 14.5 Å². The first-order valence-corrected chi connectivity index (χ1v) is 5.07. The van der Waals surface area contributed by atoms with Crippen molar-refractivity contribution in [1.29, 1.82) is 0 Å². The molecule has 15 heavy (non-hydrogen) atoms. The first kappa shape index (κ1) is 8.49. The number of halogens is 1. The molecule has 0 fully saturated rings. The van der Waals surface area contributed by atoms with Crippen molar-refractivity contribution in [1.82, 2.24) is 19.6 Å². The molecule has 3 aromatic heterocycles.